The van der Waals surface area contributed by atoms with Crippen LogP contribution in [-0.2, 0) is 28.7 Å². The highest BCUT2D eigenvalue weighted by Crippen LogP contribution is 2.29. The summed E-state index contributed by atoms with van der Waals surface area (Å²) in [6.45, 7) is 13.2. The lowest BCUT2D eigenvalue weighted by atomic mass is 9.89. The summed E-state index contributed by atoms with van der Waals surface area (Å²) < 4.78 is 11.5. The van der Waals surface area contributed by atoms with E-state index in [-0.39, 0.29) is 36.1 Å². The van der Waals surface area contributed by atoms with Crippen LogP contribution in [0.15, 0.2) is 0 Å². The third-order valence-electron chi connectivity index (χ3n) is 8.10. The van der Waals surface area contributed by atoms with E-state index >= 15 is 0 Å². The number of hydrogen-bond acceptors (Lipinski definition) is 7. The molecule has 0 aromatic carbocycles. The van der Waals surface area contributed by atoms with Crippen molar-refractivity contribution in [2.24, 2.45) is 29.2 Å². The third kappa shape index (κ3) is 8.88. The maximum atomic E-state index is 13.7. The van der Waals surface area contributed by atoms with Crippen LogP contribution in [0.3, 0.4) is 0 Å². The van der Waals surface area contributed by atoms with Gasteiger partial charge >= 0.3 is 0 Å². The number of nitrogens with zero attached hydrogens (tertiary/aromatic N) is 2. The minimum absolute atomic E-state index is 0.00199. The van der Waals surface area contributed by atoms with Crippen LogP contribution in [0.5, 0.6) is 0 Å². The summed E-state index contributed by atoms with van der Waals surface area (Å²) in [6, 6.07) is -1.49. The molecule has 0 aromatic heterocycles. The molecule has 4 amide bonds. The number of likely N-dealkylation sites (tertiary alicyclic amines) is 1. The van der Waals surface area contributed by atoms with Gasteiger partial charge in [-0.1, -0.05) is 41.0 Å². The smallest absolute Gasteiger partial charge is 0.245 e. The van der Waals surface area contributed by atoms with Crippen molar-refractivity contribution >= 4 is 23.6 Å². The van der Waals surface area contributed by atoms with Crippen LogP contribution in [0.25, 0.3) is 0 Å². The Bertz CT molecular complexity index is 845. The molecule has 11 nitrogen and oxygen atoms in total. The normalized spacial score (nSPS) is 20.6. The lowest BCUT2D eigenvalue weighted by molar-refractivity contribution is -0.147. The summed E-state index contributed by atoms with van der Waals surface area (Å²) >= 11 is 0. The molecule has 5 N–H and O–H groups in total. The first-order valence-corrected chi connectivity index (χ1v) is 14.0. The summed E-state index contributed by atoms with van der Waals surface area (Å²) in [5, 5.41) is 2.81. The van der Waals surface area contributed by atoms with Gasteiger partial charge in [-0.3, -0.25) is 19.2 Å². The topological polar surface area (TPSA) is 157 Å². The quantitative estimate of drug-likeness (QED) is 0.275. The Kier molecular flexibility index (Phi) is 13.3. The Labute approximate surface area is 234 Å². The van der Waals surface area contributed by atoms with E-state index in [0.717, 1.165) is 12.8 Å². The number of carbonyl (C=O) groups excluding carboxylic acids is 4. The lowest BCUT2D eigenvalue weighted by Gasteiger charge is -2.41. The van der Waals surface area contributed by atoms with Gasteiger partial charge < -0.3 is 36.1 Å². The number of primary amides is 1. The highest BCUT2D eigenvalue weighted by atomic mass is 16.5. The van der Waals surface area contributed by atoms with Crippen LogP contribution < -0.4 is 16.8 Å². The van der Waals surface area contributed by atoms with Gasteiger partial charge in [0.05, 0.1) is 42.2 Å². The monoisotopic (exact) mass is 555 g/mol. The Morgan fingerprint density at radius 2 is 1.69 bits per heavy atom. The van der Waals surface area contributed by atoms with Gasteiger partial charge in [0.25, 0.3) is 0 Å². The van der Waals surface area contributed by atoms with Gasteiger partial charge in [-0.05, 0) is 38.5 Å². The molecule has 0 aliphatic carbocycles. The molecule has 0 saturated carbocycles. The standard InChI is InChI=1S/C28H53N5O6/c1-11-17(4)23(32(8)26(36)22(16(2)3)31-27(37)28(6,7)30)20(38-9)15-21(34)33-14-12-13-19(33)24(39-10)18(5)25(29)35/h16-20,22-24H,11-15,30H2,1-10H3,(H2,29,35)(H,31,37)/t17-,18+,19-,20+,22-,23-,24+/m0/s1. The van der Waals surface area contributed by atoms with Crippen molar-refractivity contribution in [3.05, 3.63) is 0 Å². The SMILES string of the molecule is CC[C@H](C)[C@@H]([C@@H](CC(=O)N1CCC[C@H]1[C@H](OC)[C@@H](C)C(N)=O)OC)N(C)C(=O)[C@@H](NC(=O)C(C)(C)N)C(C)C. The van der Waals surface area contributed by atoms with Gasteiger partial charge in [-0.25, -0.2) is 0 Å². The summed E-state index contributed by atoms with van der Waals surface area (Å²) in [7, 11) is 4.76. The molecule has 226 valence electrons. The fraction of sp³-hybridized carbons (Fsp3) is 0.857. The van der Waals surface area contributed by atoms with E-state index in [2.05, 4.69) is 5.32 Å². The lowest BCUT2D eigenvalue weighted by Crippen LogP contribution is -2.60. The number of amides is 4. The van der Waals surface area contributed by atoms with Crippen molar-refractivity contribution in [3.8, 4) is 0 Å². The van der Waals surface area contributed by atoms with E-state index in [9.17, 15) is 19.2 Å². The van der Waals surface area contributed by atoms with E-state index in [1.165, 1.54) is 7.11 Å². The second kappa shape index (κ2) is 14.9. The molecular formula is C28H53N5O6. The predicted octanol–water partition coefficient (Wildman–Crippen LogP) is 1.27. The van der Waals surface area contributed by atoms with Gasteiger partial charge in [0, 0.05) is 27.8 Å². The molecule has 0 aromatic rings. The van der Waals surface area contributed by atoms with Crippen LogP contribution in [-0.4, -0.2) is 97.1 Å². The molecule has 1 saturated heterocycles. The zero-order valence-electron chi connectivity index (χ0n) is 25.7. The Hall–Kier alpha value is -2.24. The largest absolute Gasteiger partial charge is 0.379 e. The highest BCUT2D eigenvalue weighted by Gasteiger charge is 2.42. The summed E-state index contributed by atoms with van der Waals surface area (Å²) in [4.78, 5) is 55.3. The Morgan fingerprint density at radius 1 is 1.10 bits per heavy atom. The molecule has 1 fully saturated rings. The number of carbonyl (C=O) groups is 4. The average molecular weight is 556 g/mol. The molecular weight excluding hydrogens is 502 g/mol. The van der Waals surface area contributed by atoms with Crippen LogP contribution in [0.1, 0.15) is 74.1 Å². The van der Waals surface area contributed by atoms with Crippen molar-refractivity contribution in [2.45, 2.75) is 110 Å². The van der Waals surface area contributed by atoms with Crippen molar-refractivity contribution in [3.63, 3.8) is 0 Å². The van der Waals surface area contributed by atoms with E-state index in [4.69, 9.17) is 20.9 Å². The van der Waals surface area contributed by atoms with Gasteiger partial charge in [-0.15, -0.1) is 0 Å². The molecule has 1 rings (SSSR count). The molecule has 11 heteroatoms. The molecule has 0 unspecified atom stereocenters. The van der Waals surface area contributed by atoms with E-state index in [1.54, 1.807) is 44.7 Å². The van der Waals surface area contributed by atoms with Gasteiger partial charge in [-0.2, -0.15) is 0 Å². The van der Waals surface area contributed by atoms with Crippen LogP contribution >= 0.6 is 0 Å². The van der Waals surface area contributed by atoms with E-state index in [0.29, 0.717) is 13.0 Å². The summed E-state index contributed by atoms with van der Waals surface area (Å²) in [5.41, 5.74) is 10.4. The van der Waals surface area contributed by atoms with Crippen LogP contribution in [0.2, 0.25) is 0 Å². The number of ether oxygens (including phenoxy) is 2. The Morgan fingerprint density at radius 3 is 2.13 bits per heavy atom. The van der Waals surface area contributed by atoms with Crippen molar-refractivity contribution in [1.29, 1.82) is 0 Å². The van der Waals surface area contributed by atoms with Crippen LogP contribution in [0.4, 0.5) is 0 Å². The zero-order valence-corrected chi connectivity index (χ0v) is 25.7. The number of nitrogens with one attached hydrogen (secondary N) is 1. The van der Waals surface area contributed by atoms with Gasteiger partial charge in [0.2, 0.25) is 23.6 Å². The molecule has 1 heterocycles. The summed E-state index contributed by atoms with van der Waals surface area (Å²) in [6.07, 6.45) is 1.20. The number of rotatable bonds is 15. The number of nitrogens with two attached hydrogens (primary N) is 2. The molecule has 0 bridgehead atoms. The second-order valence-corrected chi connectivity index (χ2v) is 11.9. The predicted molar refractivity (Wildman–Crippen MR) is 150 cm³/mol. The summed E-state index contributed by atoms with van der Waals surface area (Å²) in [5.74, 6) is -2.02. The molecule has 1 aliphatic rings. The second-order valence-electron chi connectivity index (χ2n) is 11.9. The minimum Gasteiger partial charge on any atom is -0.379 e. The highest BCUT2D eigenvalue weighted by molar-refractivity contribution is 5.91. The Balaban J connectivity index is 3.23. The molecule has 0 radical (unpaired) electrons. The van der Waals surface area contributed by atoms with Gasteiger partial charge in [0.15, 0.2) is 0 Å². The van der Waals surface area contributed by atoms with Crippen molar-refractivity contribution in [1.82, 2.24) is 15.1 Å². The molecule has 39 heavy (non-hydrogen) atoms. The van der Waals surface area contributed by atoms with Gasteiger partial charge in [0.1, 0.15) is 6.04 Å². The first-order chi connectivity index (χ1) is 18.0. The number of methoxy groups -OCH3 is 2. The fourth-order valence-corrected chi connectivity index (χ4v) is 5.38. The van der Waals surface area contributed by atoms with E-state index < -0.39 is 47.6 Å². The van der Waals surface area contributed by atoms with Crippen LogP contribution in [0, 0.1) is 17.8 Å². The third-order valence-corrected chi connectivity index (χ3v) is 8.10. The van der Waals surface area contributed by atoms with Crippen molar-refractivity contribution in [2.75, 3.05) is 27.8 Å². The zero-order chi connectivity index (χ0) is 30.2. The molecule has 1 aliphatic heterocycles. The first kappa shape index (κ1) is 34.8. The minimum atomic E-state index is -1.14. The average Bonchev–Trinajstić information content (AvgIpc) is 3.34. The molecule has 7 atom stereocenters. The maximum absolute atomic E-state index is 13.7. The fourth-order valence-electron chi connectivity index (χ4n) is 5.38. The number of hydrogen-bond donors (Lipinski definition) is 3. The van der Waals surface area contributed by atoms with Crippen molar-refractivity contribution < 1.29 is 28.7 Å². The maximum Gasteiger partial charge on any atom is 0.245 e. The number of likely N-dealkylation sites (N-methyl/N-ethyl adjacent to an activating group) is 1. The molecule has 0 spiro atoms. The van der Waals surface area contributed by atoms with E-state index in [1.807, 2.05) is 27.7 Å². The first-order valence-electron chi connectivity index (χ1n) is 14.0.